The predicted octanol–water partition coefficient (Wildman–Crippen LogP) is 6.99. The Hall–Kier alpha value is -2.45. The third kappa shape index (κ3) is 25.0. The van der Waals surface area contributed by atoms with E-state index in [2.05, 4.69) is 32.1 Å². The highest BCUT2D eigenvalue weighted by Gasteiger charge is 2.51. The van der Waals surface area contributed by atoms with Crippen LogP contribution in [0.4, 0.5) is 0 Å². The lowest BCUT2D eigenvalue weighted by Gasteiger charge is -2.41. The molecule has 0 aliphatic heterocycles. The number of aliphatic hydroxyl groups excluding tert-OH is 5. The molecular formula is C42H71O13P. The van der Waals surface area contributed by atoms with Crippen molar-refractivity contribution in [1.29, 1.82) is 0 Å². The van der Waals surface area contributed by atoms with Gasteiger partial charge >= 0.3 is 19.8 Å². The Labute approximate surface area is 334 Å². The lowest BCUT2D eigenvalue weighted by Crippen LogP contribution is -2.64. The minimum Gasteiger partial charge on any atom is -0.462 e. The van der Waals surface area contributed by atoms with Crippen LogP contribution in [0.25, 0.3) is 0 Å². The summed E-state index contributed by atoms with van der Waals surface area (Å²) in [6, 6.07) is 0. The third-order valence-electron chi connectivity index (χ3n) is 9.19. The number of hydrogen-bond acceptors (Lipinski definition) is 12. The quantitative estimate of drug-likeness (QED) is 0.0133. The van der Waals surface area contributed by atoms with Crippen LogP contribution in [0, 0.1) is 0 Å². The summed E-state index contributed by atoms with van der Waals surface area (Å²) in [5.41, 5.74) is 0. The highest BCUT2D eigenvalue weighted by atomic mass is 31.2. The monoisotopic (exact) mass is 814 g/mol. The van der Waals surface area contributed by atoms with Gasteiger partial charge in [-0.1, -0.05) is 126 Å². The lowest BCUT2D eigenvalue weighted by molar-refractivity contribution is -0.220. The number of hydrogen-bond donors (Lipinski definition) is 6. The minimum atomic E-state index is -5.13. The fourth-order valence-electron chi connectivity index (χ4n) is 5.82. The largest absolute Gasteiger partial charge is 0.472 e. The highest BCUT2D eigenvalue weighted by molar-refractivity contribution is 7.47. The predicted molar refractivity (Wildman–Crippen MR) is 216 cm³/mol. The van der Waals surface area contributed by atoms with Crippen molar-refractivity contribution in [2.24, 2.45) is 0 Å². The molecule has 0 amide bonds. The number of unbranched alkanes of at least 4 members (excludes halogenated alkanes) is 13. The van der Waals surface area contributed by atoms with Crippen molar-refractivity contribution < 1.29 is 63.1 Å². The SMILES string of the molecule is CC/C=C/C=C/C=C/C=C/CCCCCC(=O)OC(COC(=O)CCCCC/C=C/CCCCCCCCC)COP(=O)(O)OC1C(O)C(O)C(O)[C@H](O)C1O. The van der Waals surface area contributed by atoms with Crippen molar-refractivity contribution in [1.82, 2.24) is 0 Å². The van der Waals surface area contributed by atoms with Crippen LogP contribution < -0.4 is 0 Å². The summed E-state index contributed by atoms with van der Waals surface area (Å²) in [6.07, 6.45) is 24.4. The number of carbonyl (C=O) groups excluding carboxylic acids is 2. The maximum atomic E-state index is 12.8. The molecule has 7 unspecified atom stereocenters. The second kappa shape index (κ2) is 32.5. The summed E-state index contributed by atoms with van der Waals surface area (Å²) in [5.74, 6) is -1.17. The van der Waals surface area contributed by atoms with Crippen LogP contribution in [0.1, 0.15) is 136 Å². The summed E-state index contributed by atoms with van der Waals surface area (Å²) in [5, 5.41) is 50.0. The number of esters is 2. The molecule has 14 heteroatoms. The van der Waals surface area contributed by atoms with Crippen LogP contribution in [0.3, 0.4) is 0 Å². The molecular weight excluding hydrogens is 743 g/mol. The zero-order valence-electron chi connectivity index (χ0n) is 33.7. The maximum absolute atomic E-state index is 12.8. The van der Waals surface area contributed by atoms with Crippen LogP contribution in [-0.4, -0.2) is 98.3 Å². The van der Waals surface area contributed by atoms with Gasteiger partial charge in [-0.15, -0.1) is 0 Å². The van der Waals surface area contributed by atoms with Gasteiger partial charge in [0.05, 0.1) is 6.61 Å². The molecule has 1 saturated carbocycles. The summed E-state index contributed by atoms with van der Waals surface area (Å²) in [6.45, 7) is 3.07. The first-order chi connectivity index (χ1) is 26.9. The van der Waals surface area contributed by atoms with E-state index in [0.717, 1.165) is 51.4 Å². The zero-order valence-corrected chi connectivity index (χ0v) is 34.5. The van der Waals surface area contributed by atoms with Gasteiger partial charge in [0, 0.05) is 12.8 Å². The van der Waals surface area contributed by atoms with Crippen LogP contribution in [0.15, 0.2) is 60.8 Å². The molecule has 0 bridgehead atoms. The Morgan fingerprint density at radius 1 is 0.571 bits per heavy atom. The van der Waals surface area contributed by atoms with Crippen molar-refractivity contribution in [3.8, 4) is 0 Å². The fourth-order valence-corrected chi connectivity index (χ4v) is 6.79. The molecule has 13 nitrogen and oxygen atoms in total. The highest BCUT2D eigenvalue weighted by Crippen LogP contribution is 2.47. The average molecular weight is 815 g/mol. The first-order valence-corrected chi connectivity index (χ1v) is 22.1. The molecule has 0 aromatic carbocycles. The molecule has 0 saturated heterocycles. The van der Waals surface area contributed by atoms with Crippen LogP contribution in [0.2, 0.25) is 0 Å². The van der Waals surface area contributed by atoms with E-state index in [4.69, 9.17) is 18.5 Å². The number of ether oxygens (including phenoxy) is 2. The van der Waals surface area contributed by atoms with E-state index < -0.39 is 75.7 Å². The van der Waals surface area contributed by atoms with Crippen LogP contribution >= 0.6 is 7.82 Å². The first kappa shape index (κ1) is 51.6. The molecule has 1 rings (SSSR count). The van der Waals surface area contributed by atoms with Crippen molar-refractivity contribution in [2.75, 3.05) is 13.2 Å². The van der Waals surface area contributed by atoms with Gasteiger partial charge in [-0.3, -0.25) is 18.6 Å². The first-order valence-electron chi connectivity index (χ1n) is 20.6. The van der Waals surface area contributed by atoms with E-state index in [0.29, 0.717) is 12.8 Å². The molecule has 56 heavy (non-hydrogen) atoms. The molecule has 1 aliphatic carbocycles. The summed E-state index contributed by atoms with van der Waals surface area (Å²) in [4.78, 5) is 35.5. The molecule has 6 N–H and O–H groups in total. The fraction of sp³-hybridized carbons (Fsp3) is 0.714. The molecule has 1 aliphatic rings. The van der Waals surface area contributed by atoms with Gasteiger partial charge in [-0.05, 0) is 57.8 Å². The second-order valence-corrected chi connectivity index (χ2v) is 15.6. The Balaban J connectivity index is 2.56. The van der Waals surface area contributed by atoms with Gasteiger partial charge in [0.2, 0.25) is 0 Å². The summed E-state index contributed by atoms with van der Waals surface area (Å²) >= 11 is 0. The number of allylic oxidation sites excluding steroid dienone is 10. The van der Waals surface area contributed by atoms with Crippen LogP contribution in [0.5, 0.6) is 0 Å². The number of rotatable bonds is 32. The molecule has 1 fully saturated rings. The summed E-state index contributed by atoms with van der Waals surface area (Å²) in [7, 11) is -5.13. The van der Waals surface area contributed by atoms with Crippen molar-refractivity contribution >= 4 is 19.8 Å². The Kier molecular flexibility index (Phi) is 29.9. The molecule has 322 valence electrons. The average Bonchev–Trinajstić information content (AvgIpc) is 3.18. The Morgan fingerprint density at radius 3 is 1.61 bits per heavy atom. The second-order valence-electron chi connectivity index (χ2n) is 14.2. The minimum absolute atomic E-state index is 0.0451. The van der Waals surface area contributed by atoms with Crippen molar-refractivity contribution in [2.45, 2.75) is 179 Å². The number of phosphoric acid groups is 1. The maximum Gasteiger partial charge on any atom is 0.472 e. The van der Waals surface area contributed by atoms with Gasteiger partial charge in [-0.2, -0.15) is 0 Å². The van der Waals surface area contributed by atoms with E-state index in [9.17, 15) is 44.6 Å². The molecule has 0 radical (unpaired) electrons. The van der Waals surface area contributed by atoms with Gasteiger partial charge in [0.15, 0.2) is 6.10 Å². The van der Waals surface area contributed by atoms with E-state index in [1.807, 2.05) is 42.5 Å². The van der Waals surface area contributed by atoms with Gasteiger partial charge < -0.3 is 39.9 Å². The van der Waals surface area contributed by atoms with E-state index >= 15 is 0 Å². The number of phosphoric ester groups is 1. The van der Waals surface area contributed by atoms with Crippen LogP contribution in [-0.2, 0) is 32.7 Å². The third-order valence-corrected chi connectivity index (χ3v) is 10.2. The number of carbonyl (C=O) groups is 2. The molecule has 0 spiro atoms. The van der Waals surface area contributed by atoms with Gasteiger partial charge in [0.1, 0.15) is 43.2 Å². The smallest absolute Gasteiger partial charge is 0.462 e. The van der Waals surface area contributed by atoms with Crippen molar-refractivity contribution in [3.63, 3.8) is 0 Å². The zero-order chi connectivity index (χ0) is 41.4. The topological polar surface area (TPSA) is 210 Å². The molecule has 0 heterocycles. The normalized spacial score (nSPS) is 23.5. The molecule has 0 aromatic rings. The number of aliphatic hydroxyl groups is 5. The van der Waals surface area contributed by atoms with Gasteiger partial charge in [-0.25, -0.2) is 4.57 Å². The van der Waals surface area contributed by atoms with E-state index in [1.54, 1.807) is 0 Å². The van der Waals surface area contributed by atoms with Crippen molar-refractivity contribution in [3.05, 3.63) is 60.8 Å². The molecule has 8 atom stereocenters. The molecule has 0 aromatic heterocycles. The Morgan fingerprint density at radius 2 is 1.04 bits per heavy atom. The van der Waals surface area contributed by atoms with Gasteiger partial charge in [0.25, 0.3) is 0 Å². The lowest BCUT2D eigenvalue weighted by atomic mass is 9.85. The summed E-state index contributed by atoms with van der Waals surface area (Å²) < 4.78 is 33.3. The standard InChI is InChI=1S/C42H71O13P/c1-3-5-7-9-11-13-15-17-19-20-22-24-26-28-30-35(43)52-32-34(33-53-56(50,51)55-42-40(48)38(46)37(45)39(47)41(42)49)54-36(44)31-29-27-25-23-21-18-16-14-12-10-8-6-4-2/h6,8,10,12,14,16,18-21,34,37-42,45-49H,3-5,7,9,11,13,15,17,22-33H2,1-2H3,(H,50,51)/b8-6+,12-10+,16-14+,20-19+,21-18+/t34?,37?,38-,39?,40?,41?,42?/m0/s1. The van der Waals surface area contributed by atoms with E-state index in [-0.39, 0.29) is 12.8 Å². The van der Waals surface area contributed by atoms with E-state index in [1.165, 1.54) is 44.9 Å². The Bertz CT molecular complexity index is 1220.